The summed E-state index contributed by atoms with van der Waals surface area (Å²) in [6.45, 7) is 2.04. The molecule has 0 aliphatic heterocycles. The lowest BCUT2D eigenvalue weighted by Crippen LogP contribution is -2.24. The molecule has 2 aromatic rings. The highest BCUT2D eigenvalue weighted by atomic mass is 35.5. The summed E-state index contributed by atoms with van der Waals surface area (Å²) in [5.41, 5.74) is 1.31. The Morgan fingerprint density at radius 1 is 1.22 bits per heavy atom. The number of benzene rings is 1. The van der Waals surface area contributed by atoms with E-state index in [1.165, 1.54) is 6.33 Å². The third kappa shape index (κ3) is 5.84. The Morgan fingerprint density at radius 2 is 1.96 bits per heavy atom. The van der Waals surface area contributed by atoms with E-state index in [0.717, 1.165) is 18.7 Å². The molecule has 1 amide bonds. The molecule has 0 aliphatic rings. The highest BCUT2D eigenvalue weighted by Crippen LogP contribution is 2.09. The average molecular weight is 334 g/mol. The van der Waals surface area contributed by atoms with Crippen molar-refractivity contribution in [2.24, 2.45) is 0 Å². The third-order valence-corrected chi connectivity index (χ3v) is 3.38. The minimum Gasteiger partial charge on any atom is -0.369 e. The second-order valence-corrected chi connectivity index (χ2v) is 5.76. The lowest BCUT2D eigenvalue weighted by atomic mass is 10.2. The van der Waals surface area contributed by atoms with Gasteiger partial charge in [-0.3, -0.25) is 4.79 Å². The summed E-state index contributed by atoms with van der Waals surface area (Å²) in [6, 6.07) is 8.97. The van der Waals surface area contributed by atoms with E-state index >= 15 is 0 Å². The van der Waals surface area contributed by atoms with Crippen LogP contribution in [0.15, 0.2) is 36.7 Å². The fraction of sp³-hybridized carbons (Fsp3) is 0.312. The Balaban J connectivity index is 1.90. The van der Waals surface area contributed by atoms with Crippen LogP contribution < -0.4 is 10.6 Å². The lowest BCUT2D eigenvalue weighted by Gasteiger charge is -2.11. The first-order valence-electron chi connectivity index (χ1n) is 7.28. The van der Waals surface area contributed by atoms with E-state index in [1.807, 2.05) is 26.2 Å². The minimum atomic E-state index is -0.238. The van der Waals surface area contributed by atoms with Gasteiger partial charge < -0.3 is 15.5 Å². The molecular formula is C16H20ClN5O. The fourth-order valence-electron chi connectivity index (χ4n) is 1.86. The number of aromatic nitrogens is 2. The molecule has 23 heavy (non-hydrogen) atoms. The molecular weight excluding hydrogens is 314 g/mol. The van der Waals surface area contributed by atoms with Gasteiger partial charge >= 0.3 is 0 Å². The standard InChI is InChI=1S/C16H20ClN5O/c1-22(2)8-7-18-15-9-14(20-11-21-15)16(23)19-10-12-3-5-13(17)6-4-12/h3-6,9,11H,7-8,10H2,1-2H3,(H,19,23)(H,18,20,21). The zero-order chi connectivity index (χ0) is 16.7. The topological polar surface area (TPSA) is 70.2 Å². The number of hydrogen-bond donors (Lipinski definition) is 2. The maximum Gasteiger partial charge on any atom is 0.270 e. The van der Waals surface area contributed by atoms with Gasteiger partial charge in [0.05, 0.1) is 0 Å². The zero-order valence-corrected chi connectivity index (χ0v) is 14.0. The monoisotopic (exact) mass is 333 g/mol. The van der Waals surface area contributed by atoms with Gasteiger partial charge in [-0.25, -0.2) is 9.97 Å². The molecule has 0 aliphatic carbocycles. The van der Waals surface area contributed by atoms with Crippen LogP contribution >= 0.6 is 11.6 Å². The van der Waals surface area contributed by atoms with Gasteiger partial charge in [-0.2, -0.15) is 0 Å². The Hall–Kier alpha value is -2.18. The van der Waals surface area contributed by atoms with E-state index in [2.05, 4.69) is 25.5 Å². The molecule has 6 nitrogen and oxygen atoms in total. The van der Waals surface area contributed by atoms with Crippen molar-refractivity contribution < 1.29 is 4.79 Å². The van der Waals surface area contributed by atoms with E-state index in [9.17, 15) is 4.79 Å². The molecule has 2 rings (SSSR count). The number of likely N-dealkylation sites (N-methyl/N-ethyl adjacent to an activating group) is 1. The molecule has 0 saturated carbocycles. The molecule has 0 saturated heterocycles. The summed E-state index contributed by atoms with van der Waals surface area (Å²) >= 11 is 5.83. The molecule has 0 bridgehead atoms. The van der Waals surface area contributed by atoms with Crippen molar-refractivity contribution in [3.8, 4) is 0 Å². The molecule has 0 atom stereocenters. The first kappa shape index (κ1) is 17.2. The largest absolute Gasteiger partial charge is 0.369 e. The van der Waals surface area contributed by atoms with Gasteiger partial charge in [0, 0.05) is 30.7 Å². The van der Waals surface area contributed by atoms with Crippen LogP contribution in [0, 0.1) is 0 Å². The van der Waals surface area contributed by atoms with E-state index in [1.54, 1.807) is 18.2 Å². The van der Waals surface area contributed by atoms with Gasteiger partial charge in [-0.05, 0) is 31.8 Å². The van der Waals surface area contributed by atoms with Gasteiger partial charge in [-0.15, -0.1) is 0 Å². The number of nitrogens with zero attached hydrogens (tertiary/aromatic N) is 3. The zero-order valence-electron chi connectivity index (χ0n) is 13.2. The van der Waals surface area contributed by atoms with E-state index in [-0.39, 0.29) is 5.91 Å². The van der Waals surface area contributed by atoms with E-state index in [0.29, 0.717) is 23.1 Å². The SMILES string of the molecule is CN(C)CCNc1cc(C(=O)NCc2ccc(Cl)cc2)ncn1. The van der Waals surface area contributed by atoms with Crippen molar-refractivity contribution in [3.05, 3.63) is 52.9 Å². The van der Waals surface area contributed by atoms with Crippen molar-refractivity contribution in [2.45, 2.75) is 6.54 Å². The second-order valence-electron chi connectivity index (χ2n) is 5.33. The van der Waals surface area contributed by atoms with Crippen LogP contribution in [0.1, 0.15) is 16.1 Å². The highest BCUT2D eigenvalue weighted by molar-refractivity contribution is 6.30. The number of amides is 1. The summed E-state index contributed by atoms with van der Waals surface area (Å²) in [6.07, 6.45) is 1.38. The Morgan fingerprint density at radius 3 is 2.65 bits per heavy atom. The molecule has 1 heterocycles. The normalized spacial score (nSPS) is 10.6. The van der Waals surface area contributed by atoms with Gasteiger partial charge in [0.1, 0.15) is 17.8 Å². The predicted molar refractivity (Wildman–Crippen MR) is 91.7 cm³/mol. The number of rotatable bonds is 7. The quantitative estimate of drug-likeness (QED) is 0.811. The number of anilines is 1. The first-order chi connectivity index (χ1) is 11.0. The molecule has 2 N–H and O–H groups in total. The maximum atomic E-state index is 12.2. The molecule has 1 aromatic carbocycles. The fourth-order valence-corrected chi connectivity index (χ4v) is 1.99. The van der Waals surface area contributed by atoms with Crippen LogP contribution in [0.3, 0.4) is 0 Å². The van der Waals surface area contributed by atoms with Gasteiger partial charge in [-0.1, -0.05) is 23.7 Å². The van der Waals surface area contributed by atoms with Crippen LogP contribution in [-0.4, -0.2) is 48.0 Å². The minimum absolute atomic E-state index is 0.238. The number of hydrogen-bond acceptors (Lipinski definition) is 5. The van der Waals surface area contributed by atoms with Crippen LogP contribution in [0.5, 0.6) is 0 Å². The predicted octanol–water partition coefficient (Wildman–Crippen LogP) is 2.03. The van der Waals surface area contributed by atoms with Crippen LogP contribution in [0.4, 0.5) is 5.82 Å². The van der Waals surface area contributed by atoms with Crippen molar-refractivity contribution in [2.75, 3.05) is 32.5 Å². The lowest BCUT2D eigenvalue weighted by molar-refractivity contribution is 0.0946. The van der Waals surface area contributed by atoms with Gasteiger partial charge in [0.2, 0.25) is 0 Å². The smallest absolute Gasteiger partial charge is 0.270 e. The summed E-state index contributed by atoms with van der Waals surface area (Å²) in [5, 5.41) is 6.66. The average Bonchev–Trinajstić information content (AvgIpc) is 2.54. The van der Waals surface area contributed by atoms with Crippen molar-refractivity contribution in [3.63, 3.8) is 0 Å². The summed E-state index contributed by atoms with van der Waals surface area (Å²) in [5.74, 6) is 0.400. The molecule has 0 radical (unpaired) electrons. The molecule has 0 spiro atoms. The van der Waals surface area contributed by atoms with Crippen molar-refractivity contribution in [1.29, 1.82) is 0 Å². The van der Waals surface area contributed by atoms with Crippen LogP contribution in [-0.2, 0) is 6.54 Å². The Bertz CT molecular complexity index is 645. The van der Waals surface area contributed by atoms with Crippen molar-refractivity contribution >= 4 is 23.3 Å². The number of nitrogens with one attached hydrogen (secondary N) is 2. The highest BCUT2D eigenvalue weighted by Gasteiger charge is 2.08. The Kier molecular flexibility index (Phi) is 6.31. The van der Waals surface area contributed by atoms with Gasteiger partial charge in [0.25, 0.3) is 5.91 Å². The van der Waals surface area contributed by atoms with E-state index in [4.69, 9.17) is 11.6 Å². The van der Waals surface area contributed by atoms with Crippen LogP contribution in [0.25, 0.3) is 0 Å². The third-order valence-electron chi connectivity index (χ3n) is 3.13. The Labute approximate surface area is 140 Å². The van der Waals surface area contributed by atoms with Crippen molar-refractivity contribution in [1.82, 2.24) is 20.2 Å². The van der Waals surface area contributed by atoms with Crippen LogP contribution in [0.2, 0.25) is 5.02 Å². The molecule has 0 unspecified atom stereocenters. The summed E-state index contributed by atoms with van der Waals surface area (Å²) in [4.78, 5) is 22.3. The molecule has 1 aromatic heterocycles. The second kappa shape index (κ2) is 8.45. The molecule has 7 heteroatoms. The number of carbonyl (C=O) groups is 1. The summed E-state index contributed by atoms with van der Waals surface area (Å²) < 4.78 is 0. The first-order valence-corrected chi connectivity index (χ1v) is 7.65. The summed E-state index contributed by atoms with van der Waals surface area (Å²) in [7, 11) is 3.99. The number of halogens is 1. The number of carbonyl (C=O) groups excluding carboxylic acids is 1. The van der Waals surface area contributed by atoms with Gasteiger partial charge in [0.15, 0.2) is 0 Å². The molecule has 0 fully saturated rings. The molecule has 122 valence electrons. The van der Waals surface area contributed by atoms with E-state index < -0.39 is 0 Å². The maximum absolute atomic E-state index is 12.2.